The number of benzene rings is 2. The normalized spacial score (nSPS) is 11.2. The first-order valence-corrected chi connectivity index (χ1v) is 6.47. The summed E-state index contributed by atoms with van der Waals surface area (Å²) in [5.41, 5.74) is 3.84. The smallest absolute Gasteiger partial charge is 0.0606 e. The van der Waals surface area contributed by atoms with Gasteiger partial charge in [0, 0.05) is 23.3 Å². The number of nitrogens with zero attached hydrogens (tertiary/aromatic N) is 1. The van der Waals surface area contributed by atoms with Crippen molar-refractivity contribution < 1.29 is 0 Å². The molecule has 1 nitrogen and oxygen atoms in total. The highest BCUT2D eigenvalue weighted by Crippen LogP contribution is 2.30. The van der Waals surface area contributed by atoms with Gasteiger partial charge < -0.3 is 4.40 Å². The molecule has 0 spiro atoms. The van der Waals surface area contributed by atoms with Crippen LogP contribution in [0.15, 0.2) is 79.1 Å². The largest absolute Gasteiger partial charge is 0.323 e. The maximum absolute atomic E-state index is 2.20. The number of pyridine rings is 1. The Morgan fingerprint density at radius 3 is 2.26 bits per heavy atom. The van der Waals surface area contributed by atoms with Crippen molar-refractivity contribution in [3.05, 3.63) is 79.1 Å². The van der Waals surface area contributed by atoms with Crippen LogP contribution in [0.4, 0.5) is 0 Å². The number of aromatic nitrogens is 1. The number of hydrogen-bond acceptors (Lipinski definition) is 0. The van der Waals surface area contributed by atoms with Crippen molar-refractivity contribution in [3.8, 4) is 11.1 Å². The summed E-state index contributed by atoms with van der Waals surface area (Å²) in [6.45, 7) is 0. The maximum Gasteiger partial charge on any atom is 0.0606 e. The predicted octanol–water partition coefficient (Wildman–Crippen LogP) is 4.76. The maximum atomic E-state index is 2.20. The van der Waals surface area contributed by atoms with Gasteiger partial charge in [0.05, 0.1) is 5.52 Å². The molecule has 0 amide bonds. The fraction of sp³-hybridized carbons (Fsp3) is 0. The minimum absolute atomic E-state index is 1.27. The Bertz CT molecular complexity index is 857. The summed E-state index contributed by atoms with van der Waals surface area (Å²) in [6.07, 6.45) is 4.26. The van der Waals surface area contributed by atoms with Gasteiger partial charge in [-0.2, -0.15) is 0 Å². The van der Waals surface area contributed by atoms with Crippen LogP contribution in [0, 0.1) is 0 Å². The van der Waals surface area contributed by atoms with Gasteiger partial charge in [0.25, 0.3) is 0 Å². The van der Waals surface area contributed by atoms with Gasteiger partial charge in [0.1, 0.15) is 0 Å². The Morgan fingerprint density at radius 2 is 1.37 bits per heavy atom. The molecule has 0 atom stereocenters. The molecule has 0 aliphatic rings. The summed E-state index contributed by atoms with van der Waals surface area (Å²) in [7, 11) is 0. The van der Waals surface area contributed by atoms with Crippen molar-refractivity contribution in [2.45, 2.75) is 0 Å². The summed E-state index contributed by atoms with van der Waals surface area (Å²) < 4.78 is 2.20. The first-order chi connectivity index (χ1) is 9.43. The highest BCUT2D eigenvalue weighted by atomic mass is 14.9. The van der Waals surface area contributed by atoms with Crippen molar-refractivity contribution >= 4 is 16.3 Å². The Balaban J connectivity index is 2.15. The number of fused-ring (bicyclic) bond motifs is 3. The molecule has 4 aromatic rings. The van der Waals surface area contributed by atoms with E-state index in [4.69, 9.17) is 0 Å². The number of hydrogen-bond donors (Lipinski definition) is 0. The molecule has 0 aliphatic carbocycles. The average Bonchev–Trinajstić information content (AvgIpc) is 2.92. The molecule has 19 heavy (non-hydrogen) atoms. The topological polar surface area (TPSA) is 4.41 Å². The van der Waals surface area contributed by atoms with Crippen LogP contribution in [0.2, 0.25) is 0 Å². The summed E-state index contributed by atoms with van der Waals surface area (Å²) in [5, 5.41) is 2.58. The van der Waals surface area contributed by atoms with Gasteiger partial charge >= 0.3 is 0 Å². The third-order valence-corrected chi connectivity index (χ3v) is 3.63. The van der Waals surface area contributed by atoms with Crippen LogP contribution in [0.1, 0.15) is 0 Å². The minimum atomic E-state index is 1.27. The molecule has 2 aromatic heterocycles. The molecule has 0 aliphatic heterocycles. The van der Waals surface area contributed by atoms with E-state index < -0.39 is 0 Å². The highest BCUT2D eigenvalue weighted by molar-refractivity contribution is 6.03. The molecule has 2 aromatic carbocycles. The Kier molecular flexibility index (Phi) is 2.18. The second kappa shape index (κ2) is 3.99. The molecule has 0 saturated heterocycles. The molecular formula is C18H13N. The van der Waals surface area contributed by atoms with Gasteiger partial charge in [-0.15, -0.1) is 0 Å². The highest BCUT2D eigenvalue weighted by Gasteiger charge is 2.07. The first kappa shape index (κ1) is 10.4. The molecule has 0 saturated carbocycles. The van der Waals surface area contributed by atoms with Crippen molar-refractivity contribution in [1.29, 1.82) is 0 Å². The molecule has 2 heterocycles. The quantitative estimate of drug-likeness (QED) is 0.454. The first-order valence-electron chi connectivity index (χ1n) is 6.47. The second-order valence-electron chi connectivity index (χ2n) is 4.75. The van der Waals surface area contributed by atoms with Crippen molar-refractivity contribution in [1.82, 2.24) is 4.40 Å². The van der Waals surface area contributed by atoms with Crippen LogP contribution in [-0.4, -0.2) is 4.40 Å². The lowest BCUT2D eigenvalue weighted by molar-refractivity contribution is 1.21. The van der Waals surface area contributed by atoms with E-state index in [9.17, 15) is 0 Å². The summed E-state index contributed by atoms with van der Waals surface area (Å²) in [4.78, 5) is 0. The molecule has 0 N–H and O–H groups in total. The molecule has 1 heteroatoms. The Labute approximate surface area is 111 Å². The van der Waals surface area contributed by atoms with Crippen LogP contribution in [0.5, 0.6) is 0 Å². The lowest BCUT2D eigenvalue weighted by Gasteiger charge is -2.05. The van der Waals surface area contributed by atoms with E-state index in [2.05, 4.69) is 83.5 Å². The van der Waals surface area contributed by atoms with Gasteiger partial charge in [-0.3, -0.25) is 0 Å². The molecule has 4 rings (SSSR count). The third kappa shape index (κ3) is 1.55. The van der Waals surface area contributed by atoms with Crippen LogP contribution in [-0.2, 0) is 0 Å². The molecule has 0 radical (unpaired) electrons. The zero-order chi connectivity index (χ0) is 12.7. The summed E-state index contributed by atoms with van der Waals surface area (Å²) in [5.74, 6) is 0. The van der Waals surface area contributed by atoms with E-state index in [0.29, 0.717) is 0 Å². The van der Waals surface area contributed by atoms with E-state index in [1.807, 2.05) is 0 Å². The van der Waals surface area contributed by atoms with Crippen LogP contribution in [0.3, 0.4) is 0 Å². The van der Waals surface area contributed by atoms with Crippen molar-refractivity contribution in [2.24, 2.45) is 0 Å². The Hall–Kier alpha value is -2.54. The molecular weight excluding hydrogens is 230 g/mol. The van der Waals surface area contributed by atoms with Gasteiger partial charge in [-0.05, 0) is 23.1 Å². The van der Waals surface area contributed by atoms with E-state index in [0.717, 1.165) is 0 Å². The van der Waals surface area contributed by atoms with Crippen molar-refractivity contribution in [3.63, 3.8) is 0 Å². The molecule has 0 fully saturated rings. The minimum Gasteiger partial charge on any atom is -0.323 e. The fourth-order valence-corrected chi connectivity index (χ4v) is 2.73. The fourth-order valence-electron chi connectivity index (χ4n) is 2.73. The standard InChI is InChI=1S/C18H13N/c1-2-6-14(7-3-1)17-11-13-19-12-10-15-8-4-5-9-16(15)18(17)19/h1-13H. The zero-order valence-electron chi connectivity index (χ0n) is 10.5. The number of rotatable bonds is 1. The summed E-state index contributed by atoms with van der Waals surface area (Å²) >= 11 is 0. The van der Waals surface area contributed by atoms with E-state index >= 15 is 0 Å². The predicted molar refractivity (Wildman–Crippen MR) is 80.3 cm³/mol. The van der Waals surface area contributed by atoms with E-state index in [1.54, 1.807) is 0 Å². The lowest BCUT2D eigenvalue weighted by atomic mass is 10.0. The van der Waals surface area contributed by atoms with Crippen LogP contribution in [0.25, 0.3) is 27.4 Å². The third-order valence-electron chi connectivity index (χ3n) is 3.63. The van der Waals surface area contributed by atoms with Crippen LogP contribution < -0.4 is 0 Å². The average molecular weight is 243 g/mol. The van der Waals surface area contributed by atoms with E-state index in [-0.39, 0.29) is 0 Å². The molecule has 90 valence electrons. The van der Waals surface area contributed by atoms with Gasteiger partial charge in [-0.1, -0.05) is 54.6 Å². The van der Waals surface area contributed by atoms with Gasteiger partial charge in [0.15, 0.2) is 0 Å². The molecule has 0 unspecified atom stereocenters. The SMILES string of the molecule is c1ccc(-c2ccn3ccc4ccccc4c23)cc1. The van der Waals surface area contributed by atoms with Crippen LogP contribution >= 0.6 is 0 Å². The van der Waals surface area contributed by atoms with Crippen molar-refractivity contribution in [2.75, 3.05) is 0 Å². The van der Waals surface area contributed by atoms with Gasteiger partial charge in [0.2, 0.25) is 0 Å². The zero-order valence-corrected chi connectivity index (χ0v) is 10.5. The Morgan fingerprint density at radius 1 is 0.632 bits per heavy atom. The molecule has 0 bridgehead atoms. The monoisotopic (exact) mass is 243 g/mol. The van der Waals surface area contributed by atoms with E-state index in [1.165, 1.54) is 27.4 Å². The second-order valence-corrected chi connectivity index (χ2v) is 4.75. The summed E-state index contributed by atoms with van der Waals surface area (Å²) in [6, 6.07) is 23.5. The lowest BCUT2D eigenvalue weighted by Crippen LogP contribution is -1.84. The van der Waals surface area contributed by atoms with Gasteiger partial charge in [-0.25, -0.2) is 0 Å².